The Morgan fingerprint density at radius 1 is 1.23 bits per heavy atom. The van der Waals surface area contributed by atoms with E-state index >= 15 is 0 Å². The van der Waals surface area contributed by atoms with Crippen molar-refractivity contribution >= 4 is 50.1 Å². The summed E-state index contributed by atoms with van der Waals surface area (Å²) in [6.07, 6.45) is 1.69. The molecule has 0 aliphatic rings. The van der Waals surface area contributed by atoms with Crippen molar-refractivity contribution in [3.8, 4) is 0 Å². The molecule has 0 fully saturated rings. The zero-order valence-electron chi connectivity index (χ0n) is 14.9. The molecule has 1 N–H and O–H groups in total. The van der Waals surface area contributed by atoms with E-state index in [2.05, 4.69) is 26.3 Å². The van der Waals surface area contributed by atoms with Crippen LogP contribution in [0.4, 0.5) is 5.00 Å². The number of nitrogens with one attached hydrogen (secondary N) is 1. The molecule has 0 spiro atoms. The fourth-order valence-corrected chi connectivity index (χ4v) is 3.64. The summed E-state index contributed by atoms with van der Waals surface area (Å²) in [5, 5.41) is 7.18. The average molecular weight is 444 g/mol. The van der Waals surface area contributed by atoms with Crippen molar-refractivity contribution in [2.45, 2.75) is 26.8 Å². The van der Waals surface area contributed by atoms with Gasteiger partial charge in [-0.1, -0.05) is 0 Å². The van der Waals surface area contributed by atoms with Crippen LogP contribution < -0.4 is 5.32 Å². The van der Waals surface area contributed by atoms with Crippen LogP contribution in [0.1, 0.15) is 44.3 Å². The molecule has 8 nitrogen and oxygen atoms in total. The van der Waals surface area contributed by atoms with E-state index in [4.69, 9.17) is 9.47 Å². The number of methoxy groups -OCH3 is 2. The smallest absolute Gasteiger partial charge is 0.348 e. The molecule has 2 heterocycles. The number of nitrogens with zero attached hydrogens (tertiary/aromatic N) is 2. The first-order valence-corrected chi connectivity index (χ1v) is 9.14. The number of ether oxygens (including phenoxy) is 2. The maximum absolute atomic E-state index is 12.6. The molecule has 0 radical (unpaired) electrons. The lowest BCUT2D eigenvalue weighted by atomic mass is 10.1. The topological polar surface area (TPSA) is 99.5 Å². The van der Waals surface area contributed by atoms with Crippen molar-refractivity contribution in [3.05, 3.63) is 32.4 Å². The molecule has 0 saturated heterocycles. The van der Waals surface area contributed by atoms with Crippen molar-refractivity contribution in [3.63, 3.8) is 0 Å². The van der Waals surface area contributed by atoms with Gasteiger partial charge in [-0.05, 0) is 42.3 Å². The number of hydrogen-bond acceptors (Lipinski definition) is 7. The van der Waals surface area contributed by atoms with Crippen LogP contribution in [-0.2, 0) is 14.3 Å². The Hall–Kier alpha value is -2.20. The van der Waals surface area contributed by atoms with Gasteiger partial charge in [-0.3, -0.25) is 9.48 Å². The fourth-order valence-electron chi connectivity index (χ4n) is 2.23. The van der Waals surface area contributed by atoms with Crippen LogP contribution in [0.3, 0.4) is 0 Å². The Balaban J connectivity index is 2.36. The largest absolute Gasteiger partial charge is 0.465 e. The number of halogens is 1. The Morgan fingerprint density at radius 3 is 2.35 bits per heavy atom. The number of thiophene rings is 1. The lowest BCUT2D eigenvalue weighted by Crippen LogP contribution is -2.24. The van der Waals surface area contributed by atoms with E-state index < -0.39 is 18.0 Å². The molecule has 26 heavy (non-hydrogen) atoms. The van der Waals surface area contributed by atoms with E-state index in [9.17, 15) is 14.4 Å². The molecule has 10 heteroatoms. The molecule has 0 bridgehead atoms. The number of rotatable bonds is 5. The minimum atomic E-state index is -0.644. The summed E-state index contributed by atoms with van der Waals surface area (Å²) in [6.45, 7) is 5.08. The standard InChI is InChI=1S/C16H18BrN3O5S/c1-7-11(15(22)24-4)14(26-12(7)16(23)25-5)18-13(21)9(3)20-6-10(17)8(2)19-20/h6,9H,1-5H3,(H,18,21). The van der Waals surface area contributed by atoms with E-state index in [1.165, 1.54) is 18.9 Å². The average Bonchev–Trinajstić information content (AvgIpc) is 3.12. The number of hydrogen-bond donors (Lipinski definition) is 1. The Kier molecular flexibility index (Phi) is 6.19. The highest BCUT2D eigenvalue weighted by atomic mass is 79.9. The van der Waals surface area contributed by atoms with Gasteiger partial charge < -0.3 is 14.8 Å². The monoisotopic (exact) mass is 443 g/mol. The van der Waals surface area contributed by atoms with Crippen LogP contribution in [0.15, 0.2) is 10.7 Å². The Morgan fingerprint density at radius 2 is 1.85 bits per heavy atom. The predicted octanol–water partition coefficient (Wildman–Crippen LogP) is 3.10. The van der Waals surface area contributed by atoms with Crippen LogP contribution in [0.25, 0.3) is 0 Å². The lowest BCUT2D eigenvalue weighted by molar-refractivity contribution is -0.119. The molecule has 0 aromatic carbocycles. The minimum absolute atomic E-state index is 0.135. The van der Waals surface area contributed by atoms with Crippen LogP contribution in [0, 0.1) is 13.8 Å². The van der Waals surface area contributed by atoms with Crippen molar-refractivity contribution in [1.82, 2.24) is 9.78 Å². The van der Waals surface area contributed by atoms with Gasteiger partial charge in [0.1, 0.15) is 15.9 Å². The molecule has 0 aliphatic heterocycles. The highest BCUT2D eigenvalue weighted by Crippen LogP contribution is 2.34. The van der Waals surface area contributed by atoms with E-state index in [0.717, 1.165) is 21.5 Å². The van der Waals surface area contributed by atoms with E-state index in [0.29, 0.717) is 5.56 Å². The second-order valence-electron chi connectivity index (χ2n) is 5.45. The number of aromatic nitrogens is 2. The second-order valence-corrected chi connectivity index (χ2v) is 7.33. The third-order valence-corrected chi connectivity index (χ3v) is 5.74. The predicted molar refractivity (Wildman–Crippen MR) is 99.7 cm³/mol. The summed E-state index contributed by atoms with van der Waals surface area (Å²) in [5.74, 6) is -1.62. The molecule has 1 unspecified atom stereocenters. The van der Waals surface area contributed by atoms with Crippen molar-refractivity contribution < 1.29 is 23.9 Å². The van der Waals surface area contributed by atoms with Gasteiger partial charge in [0.2, 0.25) is 5.91 Å². The number of amides is 1. The van der Waals surface area contributed by atoms with E-state index in [-0.39, 0.29) is 21.3 Å². The Bertz CT molecular complexity index is 854. The normalized spacial score (nSPS) is 11.8. The summed E-state index contributed by atoms with van der Waals surface area (Å²) in [7, 11) is 2.48. The molecule has 0 saturated carbocycles. The number of aryl methyl sites for hydroxylation is 1. The second kappa shape index (κ2) is 8.00. The molecular weight excluding hydrogens is 426 g/mol. The van der Waals surface area contributed by atoms with Gasteiger partial charge in [-0.25, -0.2) is 9.59 Å². The van der Waals surface area contributed by atoms with Gasteiger partial charge in [-0.2, -0.15) is 5.10 Å². The van der Waals surface area contributed by atoms with Crippen LogP contribution in [0.2, 0.25) is 0 Å². The maximum Gasteiger partial charge on any atom is 0.348 e. The SMILES string of the molecule is COC(=O)c1sc(NC(=O)C(C)n2cc(Br)c(C)n2)c(C(=O)OC)c1C. The Labute approximate surface area is 162 Å². The fraction of sp³-hybridized carbons (Fsp3) is 0.375. The van der Waals surface area contributed by atoms with Crippen LogP contribution >= 0.6 is 27.3 Å². The zero-order chi connectivity index (χ0) is 19.6. The highest BCUT2D eigenvalue weighted by Gasteiger charge is 2.28. The number of carbonyl (C=O) groups excluding carboxylic acids is 3. The number of carbonyl (C=O) groups is 3. The summed E-state index contributed by atoms with van der Waals surface area (Å²) >= 11 is 4.32. The maximum atomic E-state index is 12.6. The number of esters is 2. The van der Waals surface area contributed by atoms with Gasteiger partial charge in [0.05, 0.1) is 29.9 Å². The molecule has 140 valence electrons. The first-order chi connectivity index (χ1) is 12.2. The molecule has 2 rings (SSSR count). The van der Waals surface area contributed by atoms with Crippen LogP contribution in [-0.4, -0.2) is 41.8 Å². The lowest BCUT2D eigenvalue weighted by Gasteiger charge is -2.12. The third kappa shape index (κ3) is 3.80. The quantitative estimate of drug-likeness (QED) is 0.712. The van der Waals surface area contributed by atoms with E-state index in [1.54, 1.807) is 20.0 Å². The molecule has 0 aliphatic carbocycles. The van der Waals surface area contributed by atoms with Gasteiger partial charge in [-0.15, -0.1) is 11.3 Å². The van der Waals surface area contributed by atoms with Crippen molar-refractivity contribution in [2.24, 2.45) is 0 Å². The van der Waals surface area contributed by atoms with Gasteiger partial charge >= 0.3 is 11.9 Å². The first-order valence-electron chi connectivity index (χ1n) is 7.53. The minimum Gasteiger partial charge on any atom is -0.465 e. The van der Waals surface area contributed by atoms with Crippen LogP contribution in [0.5, 0.6) is 0 Å². The summed E-state index contributed by atoms with van der Waals surface area (Å²) in [5.41, 5.74) is 1.28. The third-order valence-electron chi connectivity index (χ3n) is 3.78. The van der Waals surface area contributed by atoms with Gasteiger partial charge in [0.25, 0.3) is 0 Å². The molecule has 2 aromatic rings. The highest BCUT2D eigenvalue weighted by molar-refractivity contribution is 9.10. The molecule has 2 aromatic heterocycles. The molecule has 1 atom stereocenters. The summed E-state index contributed by atoms with van der Waals surface area (Å²) in [6, 6.07) is -0.630. The zero-order valence-corrected chi connectivity index (χ0v) is 17.3. The van der Waals surface area contributed by atoms with Gasteiger partial charge in [0, 0.05) is 6.20 Å². The van der Waals surface area contributed by atoms with Gasteiger partial charge in [0.15, 0.2) is 0 Å². The van der Waals surface area contributed by atoms with Crippen molar-refractivity contribution in [1.29, 1.82) is 0 Å². The number of anilines is 1. The summed E-state index contributed by atoms with van der Waals surface area (Å²) in [4.78, 5) is 36.8. The molecule has 1 amide bonds. The molecular formula is C16H18BrN3O5S. The summed E-state index contributed by atoms with van der Waals surface area (Å²) < 4.78 is 11.8. The first kappa shape index (κ1) is 20.1. The van der Waals surface area contributed by atoms with E-state index in [1.807, 2.05) is 6.92 Å². The van der Waals surface area contributed by atoms with Crippen molar-refractivity contribution in [2.75, 3.05) is 19.5 Å².